The van der Waals surface area contributed by atoms with Crippen LogP contribution in [0.5, 0.6) is 0 Å². The largest absolute Gasteiger partial charge is 0.347 e. The average molecular weight is 657 g/mol. The number of rotatable bonds is 34. The van der Waals surface area contributed by atoms with Gasteiger partial charge in [0.2, 0.25) is 0 Å². The summed E-state index contributed by atoms with van der Waals surface area (Å²) in [5, 5.41) is 0. The molecule has 1 saturated heterocycles. The van der Waals surface area contributed by atoms with Crippen LogP contribution in [0.4, 0.5) is 0 Å². The van der Waals surface area contributed by atoms with Crippen molar-refractivity contribution in [1.29, 1.82) is 0 Å². The molecule has 1 rings (SSSR count). The van der Waals surface area contributed by atoms with Crippen molar-refractivity contribution < 1.29 is 9.47 Å². The molecule has 0 aromatic carbocycles. The number of allylic oxidation sites excluding steroid dienone is 8. The first-order valence-electron chi connectivity index (χ1n) is 20.4. The maximum Gasteiger partial charge on any atom is 0.168 e. The highest BCUT2D eigenvalue weighted by Crippen LogP contribution is 2.36. The van der Waals surface area contributed by atoms with Crippen LogP contribution < -0.4 is 5.73 Å². The summed E-state index contributed by atoms with van der Waals surface area (Å²) in [6.45, 7) is 4.99. The molecule has 1 heterocycles. The maximum atomic E-state index is 6.70. The van der Waals surface area contributed by atoms with Crippen LogP contribution in [0.25, 0.3) is 0 Å². The van der Waals surface area contributed by atoms with Gasteiger partial charge in [0.25, 0.3) is 0 Å². The van der Waals surface area contributed by atoms with Gasteiger partial charge in [0.1, 0.15) is 0 Å². The van der Waals surface area contributed by atoms with E-state index < -0.39 is 0 Å². The normalized spacial score (nSPS) is 18.9. The van der Waals surface area contributed by atoms with Crippen LogP contribution >= 0.6 is 0 Å². The van der Waals surface area contributed by atoms with E-state index in [0.29, 0.717) is 0 Å². The summed E-state index contributed by atoms with van der Waals surface area (Å²) < 4.78 is 13.2. The van der Waals surface area contributed by atoms with Gasteiger partial charge in [0.15, 0.2) is 5.79 Å². The van der Waals surface area contributed by atoms with Gasteiger partial charge in [-0.1, -0.05) is 81.2 Å². The van der Waals surface area contributed by atoms with Crippen molar-refractivity contribution in [2.24, 2.45) is 5.73 Å². The van der Waals surface area contributed by atoms with E-state index in [1.807, 2.05) is 0 Å². The van der Waals surface area contributed by atoms with E-state index >= 15 is 0 Å². The van der Waals surface area contributed by atoms with Gasteiger partial charge < -0.3 is 20.1 Å². The molecule has 4 heteroatoms. The van der Waals surface area contributed by atoms with Crippen molar-refractivity contribution in [3.8, 4) is 0 Å². The molecule has 0 aromatic rings. The lowest BCUT2D eigenvalue weighted by Crippen LogP contribution is -2.31. The third-order valence-corrected chi connectivity index (χ3v) is 9.35. The molecule has 4 nitrogen and oxygen atoms in total. The summed E-state index contributed by atoms with van der Waals surface area (Å²) in [4.78, 5) is 2.27. The summed E-state index contributed by atoms with van der Waals surface area (Å²) in [6, 6.07) is 0. The monoisotopic (exact) mass is 657 g/mol. The van der Waals surface area contributed by atoms with E-state index in [9.17, 15) is 0 Å². The number of unbranched alkanes of at least 4 members (excludes halogenated alkanes) is 17. The molecule has 0 spiro atoms. The Morgan fingerprint density at radius 1 is 0.553 bits per heavy atom. The van der Waals surface area contributed by atoms with Crippen LogP contribution in [0.3, 0.4) is 0 Å². The third-order valence-electron chi connectivity index (χ3n) is 9.35. The number of ether oxygens (including phenoxy) is 2. The van der Waals surface area contributed by atoms with E-state index in [2.05, 4.69) is 74.5 Å². The lowest BCUT2D eigenvalue weighted by molar-refractivity contribution is -0.180. The van der Waals surface area contributed by atoms with E-state index in [1.54, 1.807) is 0 Å². The molecular formula is C43H80N2O2. The number of nitrogens with two attached hydrogens (primary N) is 1. The Morgan fingerprint density at radius 2 is 0.957 bits per heavy atom. The molecule has 1 fully saturated rings. The minimum absolute atomic E-state index is 0.268. The molecule has 2 atom stereocenters. The van der Waals surface area contributed by atoms with E-state index in [-0.39, 0.29) is 11.9 Å². The van der Waals surface area contributed by atoms with Crippen molar-refractivity contribution in [1.82, 2.24) is 4.90 Å². The van der Waals surface area contributed by atoms with Gasteiger partial charge in [-0.3, -0.25) is 0 Å². The Bertz CT molecular complexity index is 724. The Labute approximate surface area is 294 Å². The minimum Gasteiger partial charge on any atom is -0.347 e. The molecule has 0 saturated carbocycles. The molecule has 0 amide bonds. The predicted octanol–water partition coefficient (Wildman–Crippen LogP) is 12.4. The van der Waals surface area contributed by atoms with Gasteiger partial charge >= 0.3 is 0 Å². The smallest absolute Gasteiger partial charge is 0.168 e. The Balaban J connectivity index is 2.21. The summed E-state index contributed by atoms with van der Waals surface area (Å²) in [5.74, 6) is -0.336. The fraction of sp³-hybridized carbons (Fsp3) is 0.814. The first-order valence-corrected chi connectivity index (χ1v) is 20.4. The topological polar surface area (TPSA) is 47.7 Å². The molecule has 0 radical (unpaired) electrons. The SMILES string of the molecule is CCCCC/C=C\CCCC/C=C\CCCCCC1(CCCCC/C=C\CCCC/C=C\CCCCN)OCC(CCCN(C)C)O1. The predicted molar refractivity (Wildman–Crippen MR) is 208 cm³/mol. The van der Waals surface area contributed by atoms with Gasteiger partial charge in [-0.2, -0.15) is 0 Å². The third kappa shape index (κ3) is 28.4. The Hall–Kier alpha value is -1.20. The van der Waals surface area contributed by atoms with Crippen LogP contribution in [0.1, 0.15) is 180 Å². The van der Waals surface area contributed by atoms with Gasteiger partial charge in [-0.25, -0.2) is 0 Å². The molecule has 0 bridgehead atoms. The van der Waals surface area contributed by atoms with E-state index in [4.69, 9.17) is 15.2 Å². The van der Waals surface area contributed by atoms with Gasteiger partial charge in [-0.15, -0.1) is 0 Å². The van der Waals surface area contributed by atoms with Gasteiger partial charge in [0, 0.05) is 12.8 Å². The van der Waals surface area contributed by atoms with Crippen molar-refractivity contribution >= 4 is 0 Å². The highest BCUT2D eigenvalue weighted by Gasteiger charge is 2.40. The van der Waals surface area contributed by atoms with Crippen molar-refractivity contribution in [2.75, 3.05) is 33.8 Å². The number of hydrogen-bond acceptors (Lipinski definition) is 4. The molecule has 1 aliphatic rings. The molecular weight excluding hydrogens is 576 g/mol. The van der Waals surface area contributed by atoms with Crippen LogP contribution in [-0.4, -0.2) is 50.6 Å². The van der Waals surface area contributed by atoms with Gasteiger partial charge in [0.05, 0.1) is 12.7 Å². The molecule has 274 valence electrons. The summed E-state index contributed by atoms with van der Waals surface area (Å²) in [7, 11) is 4.31. The molecule has 2 unspecified atom stereocenters. The average Bonchev–Trinajstić information content (AvgIpc) is 3.47. The standard InChI is InChI=1S/C43H80N2O2/c1-4-5-6-7-8-9-10-11-12-14-17-20-23-26-29-32-37-43(46-41-42(47-43)36-35-40-45(2)3)38-33-30-27-24-21-18-15-13-16-19-22-25-28-31-34-39-44/h8-9,17-18,20-22,25,42H,4-7,10-16,19,23-24,26-41,44H2,1-3H3/b9-8-,20-17-,21-18-,25-22-. The zero-order valence-electron chi connectivity index (χ0n) is 31.8. The van der Waals surface area contributed by atoms with Crippen LogP contribution in [0, 0.1) is 0 Å². The zero-order chi connectivity index (χ0) is 33.9. The van der Waals surface area contributed by atoms with Crippen LogP contribution in [0.15, 0.2) is 48.6 Å². The van der Waals surface area contributed by atoms with E-state index in [1.165, 1.54) is 148 Å². The second-order valence-electron chi connectivity index (χ2n) is 14.3. The first kappa shape index (κ1) is 43.8. The molecule has 0 aromatic heterocycles. The van der Waals surface area contributed by atoms with Crippen LogP contribution in [0.2, 0.25) is 0 Å². The molecule has 0 aliphatic carbocycles. The lowest BCUT2D eigenvalue weighted by Gasteiger charge is -2.28. The second kappa shape index (κ2) is 33.3. The Morgan fingerprint density at radius 3 is 1.36 bits per heavy atom. The quantitative estimate of drug-likeness (QED) is 0.0553. The number of hydrogen-bond donors (Lipinski definition) is 1. The summed E-state index contributed by atoms with van der Waals surface area (Å²) in [5.41, 5.74) is 5.55. The molecule has 1 aliphatic heterocycles. The highest BCUT2D eigenvalue weighted by atomic mass is 16.7. The summed E-state index contributed by atoms with van der Waals surface area (Å²) >= 11 is 0. The van der Waals surface area contributed by atoms with Crippen molar-refractivity contribution in [3.05, 3.63) is 48.6 Å². The summed E-state index contributed by atoms with van der Waals surface area (Å²) in [6.07, 6.45) is 52.6. The highest BCUT2D eigenvalue weighted by molar-refractivity contribution is 4.86. The first-order chi connectivity index (χ1) is 23.1. The minimum atomic E-state index is -0.336. The molecule has 2 N–H and O–H groups in total. The zero-order valence-corrected chi connectivity index (χ0v) is 31.8. The van der Waals surface area contributed by atoms with Crippen LogP contribution in [-0.2, 0) is 9.47 Å². The Kier molecular flexibility index (Phi) is 31.1. The van der Waals surface area contributed by atoms with E-state index in [0.717, 1.165) is 45.4 Å². The van der Waals surface area contributed by atoms with Crippen molar-refractivity contribution in [3.63, 3.8) is 0 Å². The van der Waals surface area contributed by atoms with Gasteiger partial charge in [-0.05, 0) is 162 Å². The fourth-order valence-corrected chi connectivity index (χ4v) is 6.36. The maximum absolute atomic E-state index is 6.70. The van der Waals surface area contributed by atoms with Crippen molar-refractivity contribution in [2.45, 2.75) is 192 Å². The second-order valence-corrected chi connectivity index (χ2v) is 14.3. The fourth-order valence-electron chi connectivity index (χ4n) is 6.36. The lowest BCUT2D eigenvalue weighted by atomic mass is 9.99. The number of nitrogens with zero attached hydrogens (tertiary/aromatic N) is 1. The molecule has 47 heavy (non-hydrogen) atoms.